The second kappa shape index (κ2) is 8.30. The number of aromatic nitrogens is 2. The van der Waals surface area contributed by atoms with Crippen molar-refractivity contribution in [1.29, 1.82) is 0 Å². The Morgan fingerprint density at radius 2 is 1.52 bits per heavy atom. The largest absolute Gasteiger partial charge is 0.487 e. The number of halogens is 1. The van der Waals surface area contributed by atoms with Gasteiger partial charge in [0.05, 0.1) is 18.7 Å². The monoisotopic (exact) mass is 404 g/mol. The number of fused-ring (bicyclic) bond motifs is 1. The smallest absolute Gasteiger partial charge is 0.163 e. The van der Waals surface area contributed by atoms with Gasteiger partial charge in [-0.05, 0) is 28.7 Å². The standard InChI is InChI=1S/C14H17IN2O4/c1-18-3-5-20-12-7-10-11(16-9-17-14(10)15)8-13(12)21-6-4-19-2/h7-9H,3-6H2,1-2H3. The summed E-state index contributed by atoms with van der Waals surface area (Å²) >= 11 is 2.17. The van der Waals surface area contributed by atoms with E-state index in [1.807, 2.05) is 12.1 Å². The van der Waals surface area contributed by atoms with E-state index in [1.165, 1.54) is 6.33 Å². The molecule has 0 N–H and O–H groups in total. The summed E-state index contributed by atoms with van der Waals surface area (Å²) in [5.74, 6) is 1.30. The van der Waals surface area contributed by atoms with Crippen molar-refractivity contribution >= 4 is 33.5 Å². The molecule has 0 unspecified atom stereocenters. The maximum absolute atomic E-state index is 5.72. The highest BCUT2D eigenvalue weighted by Crippen LogP contribution is 2.33. The molecule has 0 fully saturated rings. The van der Waals surface area contributed by atoms with E-state index in [2.05, 4.69) is 32.6 Å². The third-order valence-corrected chi connectivity index (χ3v) is 3.60. The van der Waals surface area contributed by atoms with Crippen LogP contribution in [-0.2, 0) is 9.47 Å². The summed E-state index contributed by atoms with van der Waals surface area (Å²) in [6.07, 6.45) is 1.54. The Labute approximate surface area is 136 Å². The Hall–Kier alpha value is -1.19. The van der Waals surface area contributed by atoms with Gasteiger partial charge >= 0.3 is 0 Å². The number of methoxy groups -OCH3 is 2. The fourth-order valence-electron chi connectivity index (χ4n) is 1.73. The Kier molecular flexibility index (Phi) is 6.40. The summed E-state index contributed by atoms with van der Waals surface area (Å²) in [5, 5.41) is 0.935. The first-order valence-electron chi connectivity index (χ1n) is 6.44. The maximum atomic E-state index is 5.72. The van der Waals surface area contributed by atoms with Gasteiger partial charge in [-0.1, -0.05) is 0 Å². The fraction of sp³-hybridized carbons (Fsp3) is 0.429. The molecule has 1 aromatic heterocycles. The molecule has 0 amide bonds. The molecule has 1 aromatic carbocycles. The van der Waals surface area contributed by atoms with Crippen LogP contribution < -0.4 is 9.47 Å². The van der Waals surface area contributed by atoms with E-state index < -0.39 is 0 Å². The number of hydrogen-bond donors (Lipinski definition) is 0. The molecule has 0 saturated heterocycles. The molecule has 0 saturated carbocycles. The molecule has 0 aliphatic heterocycles. The molecule has 7 heteroatoms. The number of rotatable bonds is 8. The van der Waals surface area contributed by atoms with Crippen molar-refractivity contribution in [2.24, 2.45) is 0 Å². The van der Waals surface area contributed by atoms with Crippen molar-refractivity contribution in [3.05, 3.63) is 22.2 Å². The van der Waals surface area contributed by atoms with Crippen molar-refractivity contribution < 1.29 is 18.9 Å². The van der Waals surface area contributed by atoms with Gasteiger partial charge in [0.15, 0.2) is 11.5 Å². The quantitative estimate of drug-likeness (QED) is 0.382. The van der Waals surface area contributed by atoms with E-state index in [4.69, 9.17) is 18.9 Å². The van der Waals surface area contributed by atoms with Crippen LogP contribution >= 0.6 is 22.6 Å². The fourth-order valence-corrected chi connectivity index (χ4v) is 2.28. The van der Waals surface area contributed by atoms with E-state index in [0.29, 0.717) is 37.9 Å². The lowest BCUT2D eigenvalue weighted by Gasteiger charge is -2.13. The third-order valence-electron chi connectivity index (χ3n) is 2.74. The average Bonchev–Trinajstić information content (AvgIpc) is 2.49. The summed E-state index contributed by atoms with van der Waals surface area (Å²) in [5.41, 5.74) is 0.820. The van der Waals surface area contributed by atoms with Gasteiger partial charge in [-0.15, -0.1) is 0 Å². The number of nitrogens with zero attached hydrogens (tertiary/aromatic N) is 2. The Morgan fingerprint density at radius 1 is 0.905 bits per heavy atom. The van der Waals surface area contributed by atoms with Crippen molar-refractivity contribution in [3.63, 3.8) is 0 Å². The molecule has 0 bridgehead atoms. The molecular formula is C14H17IN2O4. The van der Waals surface area contributed by atoms with Gasteiger partial charge in [0, 0.05) is 25.7 Å². The van der Waals surface area contributed by atoms with Crippen LogP contribution in [0.2, 0.25) is 0 Å². The van der Waals surface area contributed by atoms with Crippen LogP contribution in [-0.4, -0.2) is 50.6 Å². The molecule has 0 aliphatic carbocycles. The highest BCUT2D eigenvalue weighted by Gasteiger charge is 2.11. The summed E-state index contributed by atoms with van der Waals surface area (Å²) in [6, 6.07) is 3.76. The predicted molar refractivity (Wildman–Crippen MR) is 87.0 cm³/mol. The van der Waals surface area contributed by atoms with Crippen LogP contribution in [0, 0.1) is 3.70 Å². The molecule has 0 spiro atoms. The molecule has 114 valence electrons. The van der Waals surface area contributed by atoms with E-state index in [1.54, 1.807) is 14.2 Å². The van der Waals surface area contributed by atoms with Crippen molar-refractivity contribution in [2.75, 3.05) is 40.6 Å². The highest BCUT2D eigenvalue weighted by atomic mass is 127. The molecule has 0 atom stereocenters. The van der Waals surface area contributed by atoms with Gasteiger partial charge in [0.1, 0.15) is 23.2 Å². The number of benzene rings is 1. The minimum absolute atomic E-state index is 0.449. The van der Waals surface area contributed by atoms with Crippen molar-refractivity contribution in [1.82, 2.24) is 9.97 Å². The summed E-state index contributed by atoms with van der Waals surface area (Å²) in [6.45, 7) is 1.92. The van der Waals surface area contributed by atoms with Gasteiger partial charge in [0.25, 0.3) is 0 Å². The molecular weight excluding hydrogens is 387 g/mol. The minimum atomic E-state index is 0.449. The van der Waals surface area contributed by atoms with Crippen molar-refractivity contribution in [2.45, 2.75) is 0 Å². The predicted octanol–water partition coefficient (Wildman–Crippen LogP) is 2.28. The van der Waals surface area contributed by atoms with Crippen LogP contribution in [0.3, 0.4) is 0 Å². The lowest BCUT2D eigenvalue weighted by molar-refractivity contribution is 0.132. The molecule has 2 rings (SSSR count). The Bertz CT molecular complexity index is 594. The van der Waals surface area contributed by atoms with E-state index in [0.717, 1.165) is 14.6 Å². The first-order valence-corrected chi connectivity index (χ1v) is 7.52. The van der Waals surface area contributed by atoms with Crippen LogP contribution in [0.15, 0.2) is 18.5 Å². The Balaban J connectivity index is 2.29. The third kappa shape index (κ3) is 4.39. The van der Waals surface area contributed by atoms with Crippen molar-refractivity contribution in [3.8, 4) is 11.5 Å². The van der Waals surface area contributed by atoms with Gasteiger partial charge in [0.2, 0.25) is 0 Å². The number of hydrogen-bond acceptors (Lipinski definition) is 6. The highest BCUT2D eigenvalue weighted by molar-refractivity contribution is 14.1. The first-order chi connectivity index (χ1) is 10.3. The van der Waals surface area contributed by atoms with Gasteiger partial charge in [-0.2, -0.15) is 0 Å². The van der Waals surface area contributed by atoms with Crippen LogP contribution in [0.4, 0.5) is 0 Å². The van der Waals surface area contributed by atoms with E-state index in [9.17, 15) is 0 Å². The second-order valence-electron chi connectivity index (χ2n) is 4.16. The average molecular weight is 404 g/mol. The van der Waals surface area contributed by atoms with Gasteiger partial charge < -0.3 is 18.9 Å². The number of ether oxygens (including phenoxy) is 4. The normalized spacial score (nSPS) is 10.8. The zero-order valence-electron chi connectivity index (χ0n) is 12.0. The van der Waals surface area contributed by atoms with E-state index in [-0.39, 0.29) is 0 Å². The SMILES string of the molecule is COCCOc1cc2ncnc(I)c2cc1OCCOC. The van der Waals surface area contributed by atoms with Crippen LogP contribution in [0.1, 0.15) is 0 Å². The zero-order valence-corrected chi connectivity index (χ0v) is 14.1. The van der Waals surface area contributed by atoms with Crippen LogP contribution in [0.5, 0.6) is 11.5 Å². The first kappa shape index (κ1) is 16.2. The van der Waals surface area contributed by atoms with Gasteiger partial charge in [-0.3, -0.25) is 0 Å². The summed E-state index contributed by atoms with van der Waals surface area (Å²) in [4.78, 5) is 8.45. The molecule has 21 heavy (non-hydrogen) atoms. The summed E-state index contributed by atoms with van der Waals surface area (Å²) in [7, 11) is 3.27. The lowest BCUT2D eigenvalue weighted by Crippen LogP contribution is -2.08. The topological polar surface area (TPSA) is 62.7 Å². The molecule has 2 aromatic rings. The molecule has 0 aliphatic rings. The molecule has 1 heterocycles. The van der Waals surface area contributed by atoms with Crippen LogP contribution in [0.25, 0.3) is 10.9 Å². The summed E-state index contributed by atoms with van der Waals surface area (Å²) < 4.78 is 22.3. The zero-order chi connectivity index (χ0) is 15.1. The van der Waals surface area contributed by atoms with Gasteiger partial charge in [-0.25, -0.2) is 9.97 Å². The van der Waals surface area contributed by atoms with E-state index >= 15 is 0 Å². The second-order valence-corrected chi connectivity index (χ2v) is 5.18. The molecule has 0 radical (unpaired) electrons. The Morgan fingerprint density at radius 3 is 2.14 bits per heavy atom. The molecule has 6 nitrogen and oxygen atoms in total. The lowest BCUT2D eigenvalue weighted by atomic mass is 10.2. The minimum Gasteiger partial charge on any atom is -0.487 e. The maximum Gasteiger partial charge on any atom is 0.163 e.